The molecule has 0 aromatic carbocycles. The summed E-state index contributed by atoms with van der Waals surface area (Å²) in [6.45, 7) is 4.78. The number of ether oxygens (including phenoxy) is 1. The summed E-state index contributed by atoms with van der Waals surface area (Å²) in [5.41, 5.74) is 7.18. The van der Waals surface area contributed by atoms with Crippen LogP contribution in [0.4, 0.5) is 4.79 Å². The number of hydrogen-bond donors (Lipinski definition) is 2. The highest BCUT2D eigenvalue weighted by molar-refractivity contribution is 5.74. The summed E-state index contributed by atoms with van der Waals surface area (Å²) in [6, 6.07) is -0.0613. The maximum absolute atomic E-state index is 12.3. The molecule has 2 fully saturated rings. The number of carbonyl (C=O) groups is 1. The van der Waals surface area contributed by atoms with Crippen molar-refractivity contribution in [2.24, 2.45) is 18.7 Å². The van der Waals surface area contributed by atoms with E-state index in [-0.39, 0.29) is 18.0 Å². The number of aromatic nitrogens is 2. The average Bonchev–Trinajstić information content (AvgIpc) is 3.10. The largest absolute Gasteiger partial charge is 0.378 e. The van der Waals surface area contributed by atoms with Gasteiger partial charge in [-0.05, 0) is 32.1 Å². The summed E-state index contributed by atoms with van der Waals surface area (Å²) in [4.78, 5) is 18.5. The van der Waals surface area contributed by atoms with Crippen molar-refractivity contribution in [2.45, 2.75) is 44.2 Å². The molecule has 0 unspecified atom stereocenters. The Kier molecular flexibility index (Phi) is 5.40. The molecule has 1 aromatic heterocycles. The van der Waals surface area contributed by atoms with E-state index < -0.39 is 0 Å². The number of aryl methyl sites for hydroxylation is 1. The highest BCUT2D eigenvalue weighted by Gasteiger charge is 2.35. The summed E-state index contributed by atoms with van der Waals surface area (Å²) in [7, 11) is 1.94. The second-order valence-corrected chi connectivity index (χ2v) is 7.07. The van der Waals surface area contributed by atoms with E-state index >= 15 is 0 Å². The number of nitrogens with two attached hydrogens (primary N) is 1. The number of nitrogens with one attached hydrogen (secondary N) is 1. The number of likely N-dealkylation sites (tertiary alicyclic amines) is 1. The molecule has 2 aliphatic rings. The molecule has 24 heavy (non-hydrogen) atoms. The minimum atomic E-state index is -0.0516. The van der Waals surface area contributed by atoms with Gasteiger partial charge < -0.3 is 25.3 Å². The van der Waals surface area contributed by atoms with E-state index in [1.807, 2.05) is 29.6 Å². The second kappa shape index (κ2) is 7.53. The van der Waals surface area contributed by atoms with Gasteiger partial charge in [0.1, 0.15) is 0 Å². The number of nitrogens with zero attached hydrogens (tertiary/aromatic N) is 3. The Balaban J connectivity index is 1.38. The van der Waals surface area contributed by atoms with Gasteiger partial charge in [0.25, 0.3) is 0 Å². The summed E-state index contributed by atoms with van der Waals surface area (Å²) < 4.78 is 7.48. The van der Waals surface area contributed by atoms with Gasteiger partial charge >= 0.3 is 6.03 Å². The van der Waals surface area contributed by atoms with Crippen molar-refractivity contribution in [3.63, 3.8) is 0 Å². The van der Waals surface area contributed by atoms with Gasteiger partial charge in [-0.2, -0.15) is 0 Å². The Labute approximate surface area is 143 Å². The van der Waals surface area contributed by atoms with Gasteiger partial charge in [0.15, 0.2) is 0 Å². The monoisotopic (exact) mass is 335 g/mol. The molecule has 1 saturated heterocycles. The molecule has 0 radical (unpaired) electrons. The summed E-state index contributed by atoms with van der Waals surface area (Å²) in [5.74, 6) is 0.805. The lowest BCUT2D eigenvalue weighted by atomic mass is 9.80. The number of carbonyl (C=O) groups excluding carboxylic acids is 1. The summed E-state index contributed by atoms with van der Waals surface area (Å²) in [6.07, 6.45) is 7.47. The van der Waals surface area contributed by atoms with Crippen LogP contribution in [0.2, 0.25) is 0 Å². The Morgan fingerprint density at radius 1 is 1.46 bits per heavy atom. The van der Waals surface area contributed by atoms with Crippen molar-refractivity contribution in [1.82, 2.24) is 19.8 Å². The molecule has 2 heterocycles. The average molecular weight is 335 g/mol. The highest BCUT2D eigenvalue weighted by Crippen LogP contribution is 2.32. The lowest BCUT2D eigenvalue weighted by molar-refractivity contribution is -0.0261. The van der Waals surface area contributed by atoms with Crippen LogP contribution in [0.5, 0.6) is 0 Å². The zero-order valence-electron chi connectivity index (χ0n) is 14.6. The Bertz CT molecular complexity index is 555. The van der Waals surface area contributed by atoms with Crippen molar-refractivity contribution in [3.05, 3.63) is 18.2 Å². The van der Waals surface area contributed by atoms with Crippen molar-refractivity contribution in [1.29, 1.82) is 0 Å². The van der Waals surface area contributed by atoms with E-state index in [0.29, 0.717) is 25.1 Å². The van der Waals surface area contributed by atoms with Crippen LogP contribution in [0.3, 0.4) is 0 Å². The lowest BCUT2D eigenvalue weighted by Crippen LogP contribution is -2.41. The third-order valence-corrected chi connectivity index (χ3v) is 5.18. The SMILES string of the molecule is CCOC1CC(CCNC(=O)N2C[C@@H](N)[C@H](c3cn(C)cn3)C2)C1. The topological polar surface area (TPSA) is 85.4 Å². The number of hydrogen-bond acceptors (Lipinski definition) is 4. The van der Waals surface area contributed by atoms with Crippen molar-refractivity contribution >= 4 is 6.03 Å². The minimum absolute atomic E-state index is 0.00966. The van der Waals surface area contributed by atoms with E-state index in [9.17, 15) is 4.79 Å². The van der Waals surface area contributed by atoms with Crippen molar-refractivity contribution in [3.8, 4) is 0 Å². The summed E-state index contributed by atoms with van der Waals surface area (Å²) in [5, 5.41) is 3.03. The molecule has 7 nitrogen and oxygen atoms in total. The standard InChI is InChI=1S/C17H29N5O2/c1-3-24-13-6-12(7-13)4-5-19-17(23)22-8-14(15(18)9-22)16-10-21(2)11-20-16/h10-15H,3-9,18H2,1-2H3,(H,19,23)/t12?,13?,14-,15-/m1/s1. The van der Waals surface area contributed by atoms with E-state index in [4.69, 9.17) is 10.5 Å². The molecule has 1 aliphatic carbocycles. The Morgan fingerprint density at radius 3 is 2.92 bits per heavy atom. The smallest absolute Gasteiger partial charge is 0.317 e. The van der Waals surface area contributed by atoms with Gasteiger partial charge in [0.05, 0.1) is 18.1 Å². The van der Waals surface area contributed by atoms with Crippen LogP contribution in [0.25, 0.3) is 0 Å². The molecule has 1 aliphatic heterocycles. The molecule has 7 heteroatoms. The van der Waals surface area contributed by atoms with Gasteiger partial charge in [-0.25, -0.2) is 9.78 Å². The molecule has 2 amide bonds. The van der Waals surface area contributed by atoms with Crippen molar-refractivity contribution < 1.29 is 9.53 Å². The molecular weight excluding hydrogens is 306 g/mol. The van der Waals surface area contributed by atoms with Gasteiger partial charge in [0, 0.05) is 51.4 Å². The molecule has 0 spiro atoms. The van der Waals surface area contributed by atoms with Gasteiger partial charge in [-0.1, -0.05) is 0 Å². The first-order chi connectivity index (χ1) is 11.6. The third kappa shape index (κ3) is 3.89. The molecular formula is C17H29N5O2. The predicted octanol–water partition coefficient (Wildman–Crippen LogP) is 1.06. The van der Waals surface area contributed by atoms with Crippen LogP contribution in [0, 0.1) is 5.92 Å². The van der Waals surface area contributed by atoms with Crippen LogP contribution in [0.1, 0.15) is 37.8 Å². The third-order valence-electron chi connectivity index (χ3n) is 5.18. The maximum atomic E-state index is 12.3. The fraction of sp³-hybridized carbons (Fsp3) is 0.765. The van der Waals surface area contributed by atoms with E-state index in [1.54, 1.807) is 6.33 Å². The fourth-order valence-corrected chi connectivity index (χ4v) is 3.71. The number of amides is 2. The molecule has 3 N–H and O–H groups in total. The highest BCUT2D eigenvalue weighted by atomic mass is 16.5. The van der Waals surface area contributed by atoms with Crippen molar-refractivity contribution in [2.75, 3.05) is 26.2 Å². The Hall–Kier alpha value is -1.60. The zero-order chi connectivity index (χ0) is 17.1. The first kappa shape index (κ1) is 17.2. The molecule has 134 valence electrons. The first-order valence-corrected chi connectivity index (χ1v) is 8.94. The quantitative estimate of drug-likeness (QED) is 0.814. The van der Waals surface area contributed by atoms with E-state index in [0.717, 1.165) is 38.1 Å². The number of rotatable bonds is 6. The predicted molar refractivity (Wildman–Crippen MR) is 91.7 cm³/mol. The molecule has 1 aromatic rings. The van der Waals surface area contributed by atoms with Crippen LogP contribution < -0.4 is 11.1 Å². The van der Waals surface area contributed by atoms with Crippen LogP contribution in [-0.2, 0) is 11.8 Å². The van der Waals surface area contributed by atoms with Crippen LogP contribution >= 0.6 is 0 Å². The Morgan fingerprint density at radius 2 is 2.25 bits per heavy atom. The molecule has 2 atom stereocenters. The minimum Gasteiger partial charge on any atom is -0.378 e. The molecule has 0 bridgehead atoms. The lowest BCUT2D eigenvalue weighted by Gasteiger charge is -2.35. The zero-order valence-corrected chi connectivity index (χ0v) is 14.6. The van der Waals surface area contributed by atoms with Crippen LogP contribution in [0.15, 0.2) is 12.5 Å². The first-order valence-electron chi connectivity index (χ1n) is 8.94. The number of urea groups is 1. The van der Waals surface area contributed by atoms with Gasteiger partial charge in [-0.15, -0.1) is 0 Å². The van der Waals surface area contributed by atoms with Crippen LogP contribution in [-0.4, -0.2) is 58.9 Å². The summed E-state index contributed by atoms with van der Waals surface area (Å²) >= 11 is 0. The van der Waals surface area contributed by atoms with Gasteiger partial charge in [0.2, 0.25) is 0 Å². The second-order valence-electron chi connectivity index (χ2n) is 7.07. The number of imidazole rings is 1. The van der Waals surface area contributed by atoms with Gasteiger partial charge in [-0.3, -0.25) is 0 Å². The normalized spacial score (nSPS) is 29.5. The fourth-order valence-electron chi connectivity index (χ4n) is 3.71. The molecule has 1 saturated carbocycles. The van der Waals surface area contributed by atoms with E-state index in [1.165, 1.54) is 0 Å². The maximum Gasteiger partial charge on any atom is 0.317 e. The van der Waals surface area contributed by atoms with E-state index in [2.05, 4.69) is 10.3 Å². The molecule has 3 rings (SSSR count).